The molecule has 11 heteroatoms. The number of alkyl halides is 3. The molecular weight excluding hydrogens is 445 g/mol. The van der Waals surface area contributed by atoms with Gasteiger partial charge in [0.25, 0.3) is 0 Å². The summed E-state index contributed by atoms with van der Waals surface area (Å²) in [5, 5.41) is 7.22. The van der Waals surface area contributed by atoms with Gasteiger partial charge in [0, 0.05) is 6.42 Å². The van der Waals surface area contributed by atoms with Crippen LogP contribution in [-0.4, -0.2) is 38.9 Å². The topological polar surface area (TPSA) is 92.3 Å². The van der Waals surface area contributed by atoms with E-state index in [1.54, 1.807) is 30.3 Å². The number of carbonyl (C=O) groups excluding carboxylic acids is 3. The summed E-state index contributed by atoms with van der Waals surface area (Å²) in [6, 6.07) is 7.61. The quantitative estimate of drug-likeness (QED) is 0.545. The van der Waals surface area contributed by atoms with Crippen LogP contribution < -0.4 is 5.32 Å². The smallest absolute Gasteiger partial charge is 0.299 e. The number of aromatic nitrogens is 2. The first-order chi connectivity index (χ1) is 15.2. The Morgan fingerprint density at radius 2 is 1.72 bits per heavy atom. The van der Waals surface area contributed by atoms with E-state index in [1.165, 1.54) is 0 Å². The van der Waals surface area contributed by atoms with Crippen molar-refractivity contribution in [2.24, 2.45) is 23.7 Å². The van der Waals surface area contributed by atoms with E-state index in [0.29, 0.717) is 5.56 Å². The fourth-order valence-corrected chi connectivity index (χ4v) is 5.56. The number of fused-ring (bicyclic) bond motifs is 5. The predicted octanol–water partition coefficient (Wildman–Crippen LogP) is 2.91. The number of carbonyl (C=O) groups is 3. The SMILES string of the molecule is O=C(Nc1nnc(C(F)(F)F)s1)[C@H](Cc1ccccc1)N1C(=O)[C@@H]2[C@@H](C1=O)[C@H]1C=C[C@H]2C1. The highest BCUT2D eigenvalue weighted by Crippen LogP contribution is 2.53. The number of likely N-dealkylation sites (tertiary alicyclic amines) is 1. The largest absolute Gasteiger partial charge is 0.445 e. The molecule has 5 atom stereocenters. The Balaban J connectivity index is 1.43. The number of hydrogen-bond acceptors (Lipinski definition) is 6. The van der Waals surface area contributed by atoms with Gasteiger partial charge in [-0.2, -0.15) is 13.2 Å². The predicted molar refractivity (Wildman–Crippen MR) is 107 cm³/mol. The molecule has 2 fully saturated rings. The zero-order valence-corrected chi connectivity index (χ0v) is 17.3. The third-order valence-electron chi connectivity index (χ3n) is 6.29. The monoisotopic (exact) mass is 462 g/mol. The molecule has 1 saturated carbocycles. The molecule has 1 N–H and O–H groups in total. The second-order valence-electron chi connectivity index (χ2n) is 8.15. The van der Waals surface area contributed by atoms with Crippen molar-refractivity contribution in [2.75, 3.05) is 5.32 Å². The van der Waals surface area contributed by atoms with Crippen molar-refractivity contribution in [3.63, 3.8) is 0 Å². The highest BCUT2D eigenvalue weighted by atomic mass is 32.1. The molecule has 1 saturated heterocycles. The molecular formula is C21H17F3N4O3S. The van der Waals surface area contributed by atoms with E-state index in [2.05, 4.69) is 15.5 Å². The number of nitrogens with zero attached hydrogens (tertiary/aromatic N) is 3. The minimum Gasteiger partial charge on any atom is -0.299 e. The van der Waals surface area contributed by atoms with E-state index in [9.17, 15) is 27.6 Å². The van der Waals surface area contributed by atoms with Crippen LogP contribution in [0.1, 0.15) is 17.0 Å². The third kappa shape index (κ3) is 3.40. The van der Waals surface area contributed by atoms with Gasteiger partial charge in [0.1, 0.15) is 6.04 Å². The van der Waals surface area contributed by atoms with Crippen LogP contribution in [0.3, 0.4) is 0 Å². The Labute approximate surface area is 184 Å². The first-order valence-corrected chi connectivity index (χ1v) is 10.9. The number of benzene rings is 1. The van der Waals surface area contributed by atoms with Crippen LogP contribution in [0.25, 0.3) is 0 Å². The number of amides is 3. The molecule has 1 aromatic carbocycles. The lowest BCUT2D eigenvalue weighted by Gasteiger charge is -2.26. The maximum absolute atomic E-state index is 13.2. The van der Waals surface area contributed by atoms with E-state index in [4.69, 9.17) is 0 Å². The molecule has 3 amide bonds. The van der Waals surface area contributed by atoms with Crippen molar-refractivity contribution in [3.05, 3.63) is 53.1 Å². The highest BCUT2D eigenvalue weighted by molar-refractivity contribution is 7.15. The summed E-state index contributed by atoms with van der Waals surface area (Å²) >= 11 is 0.186. The van der Waals surface area contributed by atoms with Gasteiger partial charge in [-0.25, -0.2) is 0 Å². The minimum absolute atomic E-state index is 0.0237. The summed E-state index contributed by atoms with van der Waals surface area (Å²) in [7, 11) is 0. The summed E-state index contributed by atoms with van der Waals surface area (Å²) in [5.41, 5.74) is 0.708. The number of anilines is 1. The number of imide groups is 1. The Morgan fingerprint density at radius 3 is 2.28 bits per heavy atom. The Bertz CT molecular complexity index is 1090. The van der Waals surface area contributed by atoms with Crippen LogP contribution in [-0.2, 0) is 27.0 Å². The first kappa shape index (κ1) is 20.8. The van der Waals surface area contributed by atoms with Crippen LogP contribution in [0.2, 0.25) is 0 Å². The van der Waals surface area contributed by atoms with Gasteiger partial charge >= 0.3 is 6.18 Å². The molecule has 1 aliphatic heterocycles. The van der Waals surface area contributed by atoms with Gasteiger partial charge < -0.3 is 0 Å². The van der Waals surface area contributed by atoms with Crippen LogP contribution >= 0.6 is 11.3 Å². The van der Waals surface area contributed by atoms with Gasteiger partial charge in [0.05, 0.1) is 11.8 Å². The summed E-state index contributed by atoms with van der Waals surface area (Å²) in [4.78, 5) is 40.6. The van der Waals surface area contributed by atoms with E-state index in [-0.39, 0.29) is 34.7 Å². The average molecular weight is 462 g/mol. The summed E-state index contributed by atoms with van der Waals surface area (Å²) in [5.74, 6) is -2.60. The maximum atomic E-state index is 13.2. The Hall–Kier alpha value is -3.08. The van der Waals surface area contributed by atoms with Gasteiger partial charge in [0.2, 0.25) is 27.9 Å². The first-order valence-electron chi connectivity index (χ1n) is 10.0. The Morgan fingerprint density at radius 1 is 1.09 bits per heavy atom. The maximum Gasteiger partial charge on any atom is 0.445 e. The molecule has 3 aliphatic rings. The van der Waals surface area contributed by atoms with Crippen LogP contribution in [0.15, 0.2) is 42.5 Å². The lowest BCUT2D eigenvalue weighted by molar-refractivity contribution is -0.147. The third-order valence-corrected chi connectivity index (χ3v) is 7.17. The van der Waals surface area contributed by atoms with Gasteiger partial charge in [-0.3, -0.25) is 24.6 Å². The van der Waals surface area contributed by atoms with Gasteiger partial charge in [-0.15, -0.1) is 10.2 Å². The van der Waals surface area contributed by atoms with Crippen molar-refractivity contribution in [1.29, 1.82) is 0 Å². The van der Waals surface area contributed by atoms with Crippen LogP contribution in [0.4, 0.5) is 18.3 Å². The Kier molecular flexibility index (Phi) is 4.88. The number of halogens is 3. The van der Waals surface area contributed by atoms with Gasteiger partial charge in [0.15, 0.2) is 0 Å². The zero-order chi connectivity index (χ0) is 22.6. The molecule has 2 aliphatic carbocycles. The van der Waals surface area contributed by atoms with E-state index in [0.717, 1.165) is 11.3 Å². The number of nitrogens with one attached hydrogen (secondary N) is 1. The molecule has 2 aromatic rings. The molecule has 2 heterocycles. The lowest BCUT2D eigenvalue weighted by atomic mass is 9.85. The minimum atomic E-state index is -4.69. The molecule has 1 aromatic heterocycles. The normalized spacial score (nSPS) is 27.2. The van der Waals surface area contributed by atoms with E-state index in [1.807, 2.05) is 12.2 Å². The number of rotatable bonds is 5. The fraction of sp³-hybridized carbons (Fsp3) is 0.381. The summed E-state index contributed by atoms with van der Waals surface area (Å²) < 4.78 is 38.5. The molecule has 0 radical (unpaired) electrons. The van der Waals surface area contributed by atoms with Crippen LogP contribution in [0.5, 0.6) is 0 Å². The standard InChI is InChI=1S/C21H17F3N4O3S/c22-21(23,24)19-26-27-20(32-19)25-16(29)13(8-10-4-2-1-3-5-10)28-17(30)14-11-6-7-12(9-11)15(14)18(28)31/h1-7,11-15H,8-9H2,(H,25,27,29)/t11-,12-,13-,14-,15-/m0/s1. The zero-order valence-electron chi connectivity index (χ0n) is 16.5. The second kappa shape index (κ2) is 7.51. The molecule has 32 heavy (non-hydrogen) atoms. The van der Waals surface area contributed by atoms with Crippen molar-refractivity contribution in [2.45, 2.75) is 25.1 Å². The second-order valence-corrected chi connectivity index (χ2v) is 9.13. The number of hydrogen-bond donors (Lipinski definition) is 1. The van der Waals surface area contributed by atoms with Gasteiger partial charge in [-0.05, 0) is 23.8 Å². The molecule has 0 unspecified atom stereocenters. The van der Waals surface area contributed by atoms with Crippen molar-refractivity contribution < 1.29 is 27.6 Å². The van der Waals surface area contributed by atoms with Crippen molar-refractivity contribution in [3.8, 4) is 0 Å². The summed E-state index contributed by atoms with van der Waals surface area (Å²) in [6.45, 7) is 0. The molecule has 166 valence electrons. The summed E-state index contributed by atoms with van der Waals surface area (Å²) in [6.07, 6.45) is 0.00651. The lowest BCUT2D eigenvalue weighted by Crippen LogP contribution is -2.49. The molecule has 5 rings (SSSR count). The number of allylic oxidation sites excluding steroid dienone is 2. The van der Waals surface area contributed by atoms with Crippen LogP contribution in [0, 0.1) is 23.7 Å². The van der Waals surface area contributed by atoms with Crippen molar-refractivity contribution >= 4 is 34.2 Å². The average Bonchev–Trinajstić information content (AvgIpc) is 3.52. The molecule has 7 nitrogen and oxygen atoms in total. The highest BCUT2D eigenvalue weighted by Gasteiger charge is 2.61. The van der Waals surface area contributed by atoms with E-state index < -0.39 is 46.8 Å². The van der Waals surface area contributed by atoms with Gasteiger partial charge in [-0.1, -0.05) is 53.8 Å². The fourth-order valence-electron chi connectivity index (χ4n) is 4.95. The van der Waals surface area contributed by atoms with E-state index >= 15 is 0 Å². The molecule has 0 spiro atoms. The molecule has 2 bridgehead atoms. The van der Waals surface area contributed by atoms with Crippen molar-refractivity contribution in [1.82, 2.24) is 15.1 Å².